The first-order valence-electron chi connectivity index (χ1n) is 10.2. The first kappa shape index (κ1) is 21.1. The van der Waals surface area contributed by atoms with Crippen molar-refractivity contribution in [1.29, 1.82) is 0 Å². The van der Waals surface area contributed by atoms with E-state index in [4.69, 9.17) is 4.42 Å². The van der Waals surface area contributed by atoms with Crippen LogP contribution in [0, 0.1) is 6.92 Å². The Bertz CT molecular complexity index is 1260. The van der Waals surface area contributed by atoms with Crippen LogP contribution >= 0.6 is 0 Å². The highest BCUT2D eigenvalue weighted by atomic mass is 32.2. The summed E-state index contributed by atoms with van der Waals surface area (Å²) in [4.78, 5) is 17.3. The minimum Gasteiger partial charge on any atom is -0.437 e. The summed E-state index contributed by atoms with van der Waals surface area (Å²) in [7, 11) is -2.01. The van der Waals surface area contributed by atoms with Gasteiger partial charge in [-0.1, -0.05) is 35.9 Å². The third-order valence-electron chi connectivity index (χ3n) is 5.34. The van der Waals surface area contributed by atoms with Gasteiger partial charge in [0.1, 0.15) is 11.6 Å². The molecule has 31 heavy (non-hydrogen) atoms. The molecule has 0 unspecified atom stereocenters. The number of furan rings is 1. The molecule has 0 aliphatic heterocycles. The van der Waals surface area contributed by atoms with E-state index in [2.05, 4.69) is 21.6 Å². The molecule has 1 aliphatic carbocycles. The number of rotatable bonds is 8. The molecule has 8 heteroatoms. The van der Waals surface area contributed by atoms with E-state index in [1.807, 2.05) is 37.3 Å². The van der Waals surface area contributed by atoms with Crippen molar-refractivity contribution in [3.63, 3.8) is 0 Å². The molecule has 0 spiro atoms. The smallest absolute Gasteiger partial charge is 0.255 e. The van der Waals surface area contributed by atoms with Gasteiger partial charge in [-0.05, 0) is 43.7 Å². The summed E-state index contributed by atoms with van der Waals surface area (Å²) in [5.41, 5.74) is 3.25. The minimum absolute atomic E-state index is 0.0728. The van der Waals surface area contributed by atoms with Gasteiger partial charge in [0.2, 0.25) is 15.7 Å². The van der Waals surface area contributed by atoms with Gasteiger partial charge in [0.05, 0.1) is 16.7 Å². The molecule has 2 heterocycles. The van der Waals surface area contributed by atoms with E-state index in [9.17, 15) is 13.2 Å². The third-order valence-corrected chi connectivity index (χ3v) is 6.62. The molecule has 1 aliphatic rings. The molecule has 1 fully saturated rings. The predicted molar refractivity (Wildman–Crippen MR) is 122 cm³/mol. The number of hydrogen-bond acceptors (Lipinski definition) is 5. The number of carbonyl (C=O) groups excluding carboxylic acids is 1. The van der Waals surface area contributed by atoms with Crippen LogP contribution in [-0.2, 0) is 10.0 Å². The molecule has 1 amide bonds. The average Bonchev–Trinajstić information content (AvgIpc) is 3.52. The molecular formula is C23H25N3O4S. The lowest BCUT2D eigenvalue weighted by molar-refractivity contribution is 0.0964. The number of amides is 1. The Balaban J connectivity index is 1.88. The van der Waals surface area contributed by atoms with Gasteiger partial charge in [0.25, 0.3) is 5.91 Å². The second-order valence-corrected chi connectivity index (χ2v) is 9.64. The maximum Gasteiger partial charge on any atom is 0.255 e. The third kappa shape index (κ3) is 4.34. The maximum atomic E-state index is 12.8. The Morgan fingerprint density at radius 2 is 2.00 bits per heavy atom. The molecule has 0 atom stereocenters. The lowest BCUT2D eigenvalue weighted by Gasteiger charge is -2.11. The molecule has 0 bridgehead atoms. The van der Waals surface area contributed by atoms with E-state index in [1.165, 1.54) is 0 Å². The first-order chi connectivity index (χ1) is 14.8. The van der Waals surface area contributed by atoms with Gasteiger partial charge in [0.15, 0.2) is 0 Å². The summed E-state index contributed by atoms with van der Waals surface area (Å²) in [5, 5.41) is 3.25. The number of allylic oxidation sites excluding steroid dienone is 1. The predicted octanol–water partition coefficient (Wildman–Crippen LogP) is 4.36. The summed E-state index contributed by atoms with van der Waals surface area (Å²) in [6.45, 7) is 5.56. The van der Waals surface area contributed by atoms with Crippen LogP contribution in [0.5, 0.6) is 0 Å². The van der Waals surface area contributed by atoms with E-state index in [1.54, 1.807) is 13.1 Å². The second-order valence-electron chi connectivity index (χ2n) is 7.80. The fourth-order valence-corrected chi connectivity index (χ4v) is 4.56. The number of fused-ring (bicyclic) bond motifs is 1. The van der Waals surface area contributed by atoms with Crippen LogP contribution in [0.2, 0.25) is 0 Å². The molecule has 4 rings (SSSR count). The minimum atomic E-state index is -3.58. The zero-order valence-electron chi connectivity index (χ0n) is 17.6. The number of sulfonamides is 1. The van der Waals surface area contributed by atoms with E-state index in [-0.39, 0.29) is 29.1 Å². The van der Waals surface area contributed by atoms with Gasteiger partial charge in [-0.3, -0.25) is 9.52 Å². The lowest BCUT2D eigenvalue weighted by atomic mass is 10.0. The van der Waals surface area contributed by atoms with Crippen molar-refractivity contribution in [1.82, 2.24) is 10.3 Å². The quantitative estimate of drug-likeness (QED) is 0.508. The molecule has 2 N–H and O–H groups in total. The molecule has 3 aromatic rings. The fourth-order valence-electron chi connectivity index (χ4n) is 3.52. The van der Waals surface area contributed by atoms with Gasteiger partial charge in [-0.15, -0.1) is 6.58 Å². The van der Waals surface area contributed by atoms with Crippen LogP contribution in [0.4, 0.5) is 5.82 Å². The zero-order valence-corrected chi connectivity index (χ0v) is 18.4. The molecule has 162 valence electrons. The van der Waals surface area contributed by atoms with Crippen LogP contribution in [0.3, 0.4) is 0 Å². The molecule has 1 aromatic carbocycles. The summed E-state index contributed by atoms with van der Waals surface area (Å²) >= 11 is 0. The van der Waals surface area contributed by atoms with Crippen molar-refractivity contribution < 1.29 is 17.6 Å². The molecular weight excluding hydrogens is 414 g/mol. The van der Waals surface area contributed by atoms with Crippen molar-refractivity contribution in [3.8, 4) is 11.3 Å². The van der Waals surface area contributed by atoms with Crippen molar-refractivity contribution in [2.24, 2.45) is 0 Å². The monoisotopic (exact) mass is 439 g/mol. The van der Waals surface area contributed by atoms with E-state index >= 15 is 0 Å². The Labute approximate surface area is 181 Å². The maximum absolute atomic E-state index is 12.8. The van der Waals surface area contributed by atoms with Crippen LogP contribution in [-0.4, -0.2) is 32.1 Å². The number of carbonyl (C=O) groups is 1. The van der Waals surface area contributed by atoms with Gasteiger partial charge in [0, 0.05) is 12.6 Å². The summed E-state index contributed by atoms with van der Waals surface area (Å²) < 4.78 is 33.6. The Kier molecular flexibility index (Phi) is 5.58. The SMILES string of the molecule is C=CCCS(=O)(=O)Nc1nc2oc(-c3ccc(C)cc3)c(C(=O)NC)c2cc1C1CC1. The fraction of sp³-hybridized carbons (Fsp3) is 0.304. The Morgan fingerprint density at radius 3 is 2.61 bits per heavy atom. The van der Waals surface area contributed by atoms with Crippen molar-refractivity contribution in [3.05, 3.63) is 59.7 Å². The number of pyridine rings is 1. The summed E-state index contributed by atoms with van der Waals surface area (Å²) in [6, 6.07) is 9.51. The number of aromatic nitrogens is 1. The van der Waals surface area contributed by atoms with Crippen molar-refractivity contribution in [2.75, 3.05) is 17.5 Å². The van der Waals surface area contributed by atoms with Crippen LogP contribution in [0.15, 0.2) is 47.4 Å². The largest absolute Gasteiger partial charge is 0.437 e. The topological polar surface area (TPSA) is 101 Å². The highest BCUT2D eigenvalue weighted by Crippen LogP contribution is 2.45. The number of nitrogens with zero attached hydrogens (tertiary/aromatic N) is 1. The molecule has 0 radical (unpaired) electrons. The second kappa shape index (κ2) is 8.19. The number of benzene rings is 1. The Hall–Kier alpha value is -3.13. The first-order valence-corrected chi connectivity index (χ1v) is 11.9. The number of hydrogen-bond donors (Lipinski definition) is 2. The highest BCUT2D eigenvalue weighted by Gasteiger charge is 2.31. The normalized spacial score (nSPS) is 13.9. The van der Waals surface area contributed by atoms with Crippen LogP contribution < -0.4 is 10.0 Å². The molecule has 7 nitrogen and oxygen atoms in total. The van der Waals surface area contributed by atoms with E-state index in [0.29, 0.717) is 23.1 Å². The number of nitrogens with one attached hydrogen (secondary N) is 2. The summed E-state index contributed by atoms with van der Waals surface area (Å²) in [6.07, 6.45) is 3.81. The standard InChI is InChI=1S/C23H25N3O4S/c1-4-5-12-31(28,29)26-21-17(15-10-11-15)13-18-19(22(27)24-3)20(30-23(18)25-21)16-8-6-14(2)7-9-16/h4,6-9,13,15H,1,5,10-12H2,2-3H3,(H,24,27)(H,25,26). The van der Waals surface area contributed by atoms with Crippen LogP contribution in [0.1, 0.15) is 46.7 Å². The molecule has 1 saturated carbocycles. The molecule has 0 saturated heterocycles. The van der Waals surface area contributed by atoms with Gasteiger partial charge in [-0.25, -0.2) is 8.42 Å². The van der Waals surface area contributed by atoms with Crippen molar-refractivity contribution >= 4 is 32.8 Å². The van der Waals surface area contributed by atoms with Gasteiger partial charge in [-0.2, -0.15) is 4.98 Å². The van der Waals surface area contributed by atoms with Crippen molar-refractivity contribution in [2.45, 2.75) is 32.1 Å². The lowest BCUT2D eigenvalue weighted by Crippen LogP contribution is -2.19. The van der Waals surface area contributed by atoms with Gasteiger partial charge < -0.3 is 9.73 Å². The van der Waals surface area contributed by atoms with E-state index < -0.39 is 10.0 Å². The van der Waals surface area contributed by atoms with Gasteiger partial charge >= 0.3 is 0 Å². The number of aryl methyl sites for hydroxylation is 1. The number of anilines is 1. The van der Waals surface area contributed by atoms with Crippen LogP contribution in [0.25, 0.3) is 22.4 Å². The molecule has 2 aromatic heterocycles. The Morgan fingerprint density at radius 1 is 1.29 bits per heavy atom. The van der Waals surface area contributed by atoms with E-state index in [0.717, 1.165) is 29.5 Å². The summed E-state index contributed by atoms with van der Waals surface area (Å²) in [5.74, 6) is 0.541. The average molecular weight is 440 g/mol. The highest BCUT2D eigenvalue weighted by molar-refractivity contribution is 7.92. The zero-order chi connectivity index (χ0) is 22.2.